The van der Waals surface area contributed by atoms with Gasteiger partial charge in [0.1, 0.15) is 0 Å². The van der Waals surface area contributed by atoms with Crippen molar-refractivity contribution in [1.29, 1.82) is 0 Å². The van der Waals surface area contributed by atoms with E-state index in [1.165, 1.54) is 0 Å². The van der Waals surface area contributed by atoms with Gasteiger partial charge < -0.3 is 10.0 Å². The molecule has 1 amide bonds. The fourth-order valence-electron chi connectivity index (χ4n) is 2.00. The van der Waals surface area contributed by atoms with E-state index in [2.05, 4.69) is 10.2 Å². The van der Waals surface area contributed by atoms with Crippen LogP contribution in [0.1, 0.15) is 18.5 Å². The monoisotopic (exact) mass is 209 g/mol. The van der Waals surface area contributed by atoms with Crippen molar-refractivity contribution in [3.8, 4) is 0 Å². The molecule has 1 saturated heterocycles. The molecule has 0 spiro atoms. The first kappa shape index (κ1) is 10.2. The molecule has 0 bridgehead atoms. The van der Waals surface area contributed by atoms with Crippen LogP contribution in [0.25, 0.3) is 0 Å². The summed E-state index contributed by atoms with van der Waals surface area (Å²) in [7, 11) is 0. The Balaban J connectivity index is 1.96. The summed E-state index contributed by atoms with van der Waals surface area (Å²) in [4.78, 5) is 13.6. The maximum atomic E-state index is 11.8. The lowest BCUT2D eigenvalue weighted by atomic mass is 10.2. The van der Waals surface area contributed by atoms with E-state index in [0.29, 0.717) is 6.42 Å². The number of carbonyl (C=O) groups excluding carboxylic acids is 1. The number of hydrogen-bond donors (Lipinski definition) is 2. The van der Waals surface area contributed by atoms with Gasteiger partial charge in [-0.1, -0.05) is 0 Å². The third-order valence-electron chi connectivity index (χ3n) is 2.81. The minimum Gasteiger partial charge on any atom is -0.394 e. The molecule has 1 atom stereocenters. The second-order valence-corrected chi connectivity index (χ2v) is 3.82. The Bertz CT molecular complexity index is 323. The SMILES string of the molecule is O=C(Cc1ccn[nH]1)N1CCCC1CO. The van der Waals surface area contributed by atoms with Gasteiger partial charge in [-0.2, -0.15) is 5.10 Å². The van der Waals surface area contributed by atoms with E-state index in [1.807, 2.05) is 0 Å². The normalized spacial score (nSPS) is 20.9. The molecule has 5 heteroatoms. The van der Waals surface area contributed by atoms with Crippen LogP contribution in [0, 0.1) is 0 Å². The van der Waals surface area contributed by atoms with Crippen LogP contribution in [-0.4, -0.2) is 45.3 Å². The highest BCUT2D eigenvalue weighted by molar-refractivity contribution is 5.78. The zero-order valence-corrected chi connectivity index (χ0v) is 8.52. The first-order valence-corrected chi connectivity index (χ1v) is 5.20. The largest absolute Gasteiger partial charge is 0.394 e. The van der Waals surface area contributed by atoms with Gasteiger partial charge in [0.05, 0.1) is 19.1 Å². The highest BCUT2D eigenvalue weighted by Gasteiger charge is 2.27. The topological polar surface area (TPSA) is 69.2 Å². The molecule has 82 valence electrons. The van der Waals surface area contributed by atoms with Gasteiger partial charge in [-0.05, 0) is 18.9 Å². The van der Waals surface area contributed by atoms with E-state index >= 15 is 0 Å². The van der Waals surface area contributed by atoms with Crippen molar-refractivity contribution in [3.05, 3.63) is 18.0 Å². The number of likely N-dealkylation sites (tertiary alicyclic amines) is 1. The standard InChI is InChI=1S/C10H15N3O2/c14-7-9-2-1-5-13(9)10(15)6-8-3-4-11-12-8/h3-4,9,14H,1-2,5-7H2,(H,11,12). The Morgan fingerprint density at radius 2 is 2.60 bits per heavy atom. The zero-order valence-electron chi connectivity index (χ0n) is 8.52. The fraction of sp³-hybridized carbons (Fsp3) is 0.600. The molecule has 15 heavy (non-hydrogen) atoms. The molecular weight excluding hydrogens is 194 g/mol. The summed E-state index contributed by atoms with van der Waals surface area (Å²) in [6.07, 6.45) is 3.87. The number of aliphatic hydroxyl groups is 1. The van der Waals surface area contributed by atoms with Gasteiger partial charge in [0.15, 0.2) is 0 Å². The zero-order chi connectivity index (χ0) is 10.7. The molecule has 2 N–H and O–H groups in total. The molecule has 5 nitrogen and oxygen atoms in total. The number of nitrogens with zero attached hydrogens (tertiary/aromatic N) is 2. The van der Waals surface area contributed by atoms with Gasteiger partial charge in [-0.25, -0.2) is 0 Å². The predicted molar refractivity (Wildman–Crippen MR) is 54.1 cm³/mol. The smallest absolute Gasteiger partial charge is 0.228 e. The lowest BCUT2D eigenvalue weighted by Gasteiger charge is -2.22. The molecule has 2 heterocycles. The third-order valence-corrected chi connectivity index (χ3v) is 2.81. The molecule has 1 aliphatic rings. The Labute approximate surface area is 88.1 Å². The number of H-pyrrole nitrogens is 1. The molecule has 1 fully saturated rings. The highest BCUT2D eigenvalue weighted by Crippen LogP contribution is 2.17. The maximum absolute atomic E-state index is 11.8. The van der Waals surface area contributed by atoms with E-state index in [9.17, 15) is 4.79 Å². The number of nitrogens with one attached hydrogen (secondary N) is 1. The van der Waals surface area contributed by atoms with Gasteiger partial charge >= 0.3 is 0 Å². The van der Waals surface area contributed by atoms with Crippen molar-refractivity contribution in [2.45, 2.75) is 25.3 Å². The summed E-state index contributed by atoms with van der Waals surface area (Å²) in [6, 6.07) is 1.81. The summed E-state index contributed by atoms with van der Waals surface area (Å²) in [5.41, 5.74) is 0.823. The second kappa shape index (κ2) is 4.44. The van der Waals surface area contributed by atoms with Crippen molar-refractivity contribution in [2.24, 2.45) is 0 Å². The van der Waals surface area contributed by atoms with Crippen molar-refractivity contribution >= 4 is 5.91 Å². The molecule has 1 aromatic heterocycles. The van der Waals surface area contributed by atoms with Crippen LogP contribution < -0.4 is 0 Å². The summed E-state index contributed by atoms with van der Waals surface area (Å²) in [5, 5.41) is 15.7. The van der Waals surface area contributed by atoms with Crippen LogP contribution in [0.3, 0.4) is 0 Å². The highest BCUT2D eigenvalue weighted by atomic mass is 16.3. The molecule has 1 unspecified atom stereocenters. The summed E-state index contributed by atoms with van der Waals surface area (Å²) in [6.45, 7) is 0.826. The number of aromatic amines is 1. The Morgan fingerprint density at radius 1 is 1.73 bits per heavy atom. The van der Waals surface area contributed by atoms with Crippen LogP contribution in [0.4, 0.5) is 0 Å². The number of rotatable bonds is 3. The van der Waals surface area contributed by atoms with E-state index in [4.69, 9.17) is 5.11 Å². The lowest BCUT2D eigenvalue weighted by molar-refractivity contribution is -0.132. The number of aromatic nitrogens is 2. The molecule has 1 aromatic rings. The first-order chi connectivity index (χ1) is 7.31. The van der Waals surface area contributed by atoms with Gasteiger partial charge in [0.25, 0.3) is 0 Å². The first-order valence-electron chi connectivity index (χ1n) is 5.20. The van der Waals surface area contributed by atoms with Gasteiger partial charge in [-0.15, -0.1) is 0 Å². The van der Waals surface area contributed by atoms with Crippen molar-refractivity contribution in [3.63, 3.8) is 0 Å². The summed E-state index contributed by atoms with van der Waals surface area (Å²) >= 11 is 0. The average molecular weight is 209 g/mol. The van der Waals surface area contributed by atoms with Crippen LogP contribution in [0.15, 0.2) is 12.3 Å². The number of amides is 1. The molecular formula is C10H15N3O2. The van der Waals surface area contributed by atoms with Crippen LogP contribution in [-0.2, 0) is 11.2 Å². The lowest BCUT2D eigenvalue weighted by Crippen LogP contribution is -2.38. The van der Waals surface area contributed by atoms with Crippen LogP contribution in [0.5, 0.6) is 0 Å². The maximum Gasteiger partial charge on any atom is 0.228 e. The van der Waals surface area contributed by atoms with E-state index in [1.54, 1.807) is 17.2 Å². The molecule has 0 saturated carbocycles. The van der Waals surface area contributed by atoms with Crippen LogP contribution >= 0.6 is 0 Å². The van der Waals surface area contributed by atoms with E-state index in [-0.39, 0.29) is 18.6 Å². The Morgan fingerprint density at radius 3 is 3.27 bits per heavy atom. The Kier molecular flexibility index (Phi) is 3.01. The summed E-state index contributed by atoms with van der Waals surface area (Å²) in [5.74, 6) is 0.0656. The Hall–Kier alpha value is -1.36. The average Bonchev–Trinajstić information content (AvgIpc) is 2.86. The molecule has 0 aliphatic carbocycles. The minimum absolute atomic E-state index is 0.0143. The molecule has 1 aliphatic heterocycles. The number of carbonyl (C=O) groups is 1. The molecule has 2 rings (SSSR count). The number of hydrogen-bond acceptors (Lipinski definition) is 3. The van der Waals surface area contributed by atoms with Crippen molar-refractivity contribution in [1.82, 2.24) is 15.1 Å². The van der Waals surface area contributed by atoms with E-state index < -0.39 is 0 Å². The summed E-state index contributed by atoms with van der Waals surface area (Å²) < 4.78 is 0. The van der Waals surface area contributed by atoms with E-state index in [0.717, 1.165) is 25.1 Å². The van der Waals surface area contributed by atoms with Gasteiger partial charge in [0, 0.05) is 18.4 Å². The van der Waals surface area contributed by atoms with Gasteiger partial charge in [0.2, 0.25) is 5.91 Å². The second-order valence-electron chi connectivity index (χ2n) is 3.82. The van der Waals surface area contributed by atoms with Crippen molar-refractivity contribution < 1.29 is 9.90 Å². The fourth-order valence-corrected chi connectivity index (χ4v) is 2.00. The quantitative estimate of drug-likeness (QED) is 0.732. The van der Waals surface area contributed by atoms with Crippen molar-refractivity contribution in [2.75, 3.05) is 13.2 Å². The predicted octanol–water partition coefficient (Wildman–Crippen LogP) is -0.0645. The third kappa shape index (κ3) is 2.18. The minimum atomic E-state index is 0.0143. The van der Waals surface area contributed by atoms with Gasteiger partial charge in [-0.3, -0.25) is 9.89 Å². The molecule has 0 radical (unpaired) electrons. The number of aliphatic hydroxyl groups excluding tert-OH is 1. The van der Waals surface area contributed by atoms with Crippen LogP contribution in [0.2, 0.25) is 0 Å². The molecule has 0 aromatic carbocycles.